The summed E-state index contributed by atoms with van der Waals surface area (Å²) in [6.07, 6.45) is 0. The van der Waals surface area contributed by atoms with Crippen LogP contribution in [0.3, 0.4) is 0 Å². The quantitative estimate of drug-likeness (QED) is 0.909. The van der Waals surface area contributed by atoms with Gasteiger partial charge in [0, 0.05) is 41.9 Å². The first-order valence-corrected chi connectivity index (χ1v) is 7.25. The molecule has 0 saturated carbocycles. The molecule has 2 N–H and O–H groups in total. The molecule has 1 aromatic carbocycles. The monoisotopic (exact) mass is 311 g/mol. The fourth-order valence-electron chi connectivity index (χ4n) is 2.50. The van der Waals surface area contributed by atoms with Crippen LogP contribution >= 0.6 is 15.9 Å². The lowest BCUT2D eigenvalue weighted by atomic mass is 10.1. The predicted molar refractivity (Wildman–Crippen MR) is 81.2 cm³/mol. The van der Waals surface area contributed by atoms with Crippen molar-refractivity contribution in [1.29, 1.82) is 0 Å². The molecule has 2 atom stereocenters. The Labute approximate surface area is 118 Å². The van der Waals surface area contributed by atoms with Gasteiger partial charge in [-0.2, -0.15) is 0 Å². The zero-order valence-corrected chi connectivity index (χ0v) is 12.9. The lowest BCUT2D eigenvalue weighted by Crippen LogP contribution is -2.58. The van der Waals surface area contributed by atoms with Gasteiger partial charge in [-0.1, -0.05) is 22.0 Å². The standard InChI is InChI=1S/C14H22BrN3/c1-10-4-5-12(6-14(10)15)18-8-11(2)17(3)13(7-16)9-18/h4-6,11,13H,7-9,16H2,1-3H3. The number of halogens is 1. The summed E-state index contributed by atoms with van der Waals surface area (Å²) in [6, 6.07) is 7.55. The molecule has 0 spiro atoms. The molecule has 18 heavy (non-hydrogen) atoms. The van der Waals surface area contributed by atoms with E-state index in [9.17, 15) is 0 Å². The molecule has 0 amide bonds. The first-order chi connectivity index (χ1) is 8.52. The molecule has 0 aromatic heterocycles. The predicted octanol–water partition coefficient (Wildman–Crippen LogP) is 2.23. The maximum Gasteiger partial charge on any atom is 0.0394 e. The molecule has 2 unspecified atom stereocenters. The van der Waals surface area contributed by atoms with Gasteiger partial charge in [-0.05, 0) is 38.6 Å². The zero-order valence-electron chi connectivity index (χ0n) is 11.4. The van der Waals surface area contributed by atoms with Crippen molar-refractivity contribution in [3.05, 3.63) is 28.2 Å². The number of aryl methyl sites for hydroxylation is 1. The molecule has 1 aromatic rings. The van der Waals surface area contributed by atoms with E-state index in [1.54, 1.807) is 0 Å². The Morgan fingerprint density at radius 3 is 2.72 bits per heavy atom. The second-order valence-electron chi connectivity index (χ2n) is 5.24. The van der Waals surface area contributed by atoms with Crippen LogP contribution in [-0.2, 0) is 0 Å². The molecule has 0 aliphatic carbocycles. The molecule has 1 saturated heterocycles. The van der Waals surface area contributed by atoms with Crippen LogP contribution in [0.1, 0.15) is 12.5 Å². The first-order valence-electron chi connectivity index (χ1n) is 6.46. The van der Waals surface area contributed by atoms with Crippen molar-refractivity contribution in [3.63, 3.8) is 0 Å². The lowest BCUT2D eigenvalue weighted by Gasteiger charge is -2.44. The van der Waals surface area contributed by atoms with E-state index in [1.165, 1.54) is 15.7 Å². The van der Waals surface area contributed by atoms with Crippen molar-refractivity contribution in [2.75, 3.05) is 31.6 Å². The Hall–Kier alpha value is -0.580. The third kappa shape index (κ3) is 2.71. The van der Waals surface area contributed by atoms with Crippen molar-refractivity contribution >= 4 is 21.6 Å². The van der Waals surface area contributed by atoms with Crippen LogP contribution in [0.4, 0.5) is 5.69 Å². The number of benzene rings is 1. The van der Waals surface area contributed by atoms with Crippen molar-refractivity contribution in [2.24, 2.45) is 5.73 Å². The summed E-state index contributed by atoms with van der Waals surface area (Å²) in [5, 5.41) is 0. The van der Waals surface area contributed by atoms with Gasteiger partial charge in [-0.3, -0.25) is 4.90 Å². The molecule has 1 aliphatic heterocycles. The molecule has 2 rings (SSSR count). The number of nitrogens with two attached hydrogens (primary N) is 1. The second kappa shape index (κ2) is 5.59. The number of rotatable bonds is 2. The van der Waals surface area contributed by atoms with Gasteiger partial charge in [0.1, 0.15) is 0 Å². The van der Waals surface area contributed by atoms with Gasteiger partial charge in [0.05, 0.1) is 0 Å². The van der Waals surface area contributed by atoms with Crippen LogP contribution in [-0.4, -0.2) is 43.7 Å². The number of hydrogen-bond acceptors (Lipinski definition) is 3. The topological polar surface area (TPSA) is 32.5 Å². The van der Waals surface area contributed by atoms with Gasteiger partial charge in [0.15, 0.2) is 0 Å². The van der Waals surface area contributed by atoms with E-state index in [0.717, 1.165) is 13.1 Å². The van der Waals surface area contributed by atoms with Gasteiger partial charge in [-0.15, -0.1) is 0 Å². The Morgan fingerprint density at radius 1 is 1.39 bits per heavy atom. The largest absolute Gasteiger partial charge is 0.368 e. The average molecular weight is 312 g/mol. The number of piperazine rings is 1. The van der Waals surface area contributed by atoms with E-state index >= 15 is 0 Å². The number of anilines is 1. The third-order valence-electron chi connectivity index (χ3n) is 3.98. The zero-order chi connectivity index (χ0) is 13.3. The van der Waals surface area contributed by atoms with Crippen LogP contribution in [0, 0.1) is 6.92 Å². The third-order valence-corrected chi connectivity index (χ3v) is 4.83. The lowest BCUT2D eigenvalue weighted by molar-refractivity contribution is 0.162. The van der Waals surface area contributed by atoms with Gasteiger partial charge < -0.3 is 10.6 Å². The fourth-order valence-corrected chi connectivity index (χ4v) is 2.86. The highest BCUT2D eigenvalue weighted by Gasteiger charge is 2.28. The van der Waals surface area contributed by atoms with Gasteiger partial charge >= 0.3 is 0 Å². The van der Waals surface area contributed by atoms with Gasteiger partial charge in [0.2, 0.25) is 0 Å². The van der Waals surface area contributed by atoms with E-state index in [4.69, 9.17) is 5.73 Å². The Kier molecular flexibility index (Phi) is 4.30. The van der Waals surface area contributed by atoms with Crippen LogP contribution in [0.15, 0.2) is 22.7 Å². The summed E-state index contributed by atoms with van der Waals surface area (Å²) in [7, 11) is 2.17. The number of hydrogen-bond donors (Lipinski definition) is 1. The van der Waals surface area contributed by atoms with Crippen LogP contribution in [0.5, 0.6) is 0 Å². The molecule has 1 fully saturated rings. The maximum absolute atomic E-state index is 5.87. The number of nitrogens with zero attached hydrogens (tertiary/aromatic N) is 2. The minimum Gasteiger partial charge on any atom is -0.368 e. The van der Waals surface area contributed by atoms with Crippen molar-refractivity contribution in [1.82, 2.24) is 4.90 Å². The summed E-state index contributed by atoms with van der Waals surface area (Å²) >= 11 is 3.61. The Morgan fingerprint density at radius 2 is 2.11 bits per heavy atom. The molecular formula is C14H22BrN3. The minimum atomic E-state index is 0.439. The average Bonchev–Trinajstić information content (AvgIpc) is 2.36. The van der Waals surface area contributed by atoms with Crippen molar-refractivity contribution in [2.45, 2.75) is 25.9 Å². The molecule has 0 bridgehead atoms. The summed E-state index contributed by atoms with van der Waals surface area (Å²) in [5.41, 5.74) is 8.43. The highest BCUT2D eigenvalue weighted by molar-refractivity contribution is 9.10. The molecule has 3 nitrogen and oxygen atoms in total. The second-order valence-corrected chi connectivity index (χ2v) is 6.10. The summed E-state index contributed by atoms with van der Waals surface area (Å²) in [4.78, 5) is 4.83. The van der Waals surface area contributed by atoms with Crippen LogP contribution in [0.2, 0.25) is 0 Å². The van der Waals surface area contributed by atoms with Gasteiger partial charge in [-0.25, -0.2) is 0 Å². The molecule has 4 heteroatoms. The molecule has 0 radical (unpaired) electrons. The van der Waals surface area contributed by atoms with Crippen molar-refractivity contribution < 1.29 is 0 Å². The normalized spacial score (nSPS) is 25.5. The first kappa shape index (κ1) is 13.8. The van der Waals surface area contributed by atoms with Crippen molar-refractivity contribution in [3.8, 4) is 0 Å². The SMILES string of the molecule is Cc1ccc(N2CC(C)N(C)C(CN)C2)cc1Br. The van der Waals surface area contributed by atoms with E-state index in [-0.39, 0.29) is 0 Å². The van der Waals surface area contributed by atoms with E-state index in [1.807, 2.05) is 0 Å². The summed E-state index contributed by atoms with van der Waals surface area (Å²) in [6.45, 7) is 7.15. The summed E-state index contributed by atoms with van der Waals surface area (Å²) in [5.74, 6) is 0. The van der Waals surface area contributed by atoms with Crippen LogP contribution in [0.25, 0.3) is 0 Å². The maximum atomic E-state index is 5.87. The molecular weight excluding hydrogens is 290 g/mol. The molecule has 1 heterocycles. The van der Waals surface area contributed by atoms with Gasteiger partial charge in [0.25, 0.3) is 0 Å². The smallest absolute Gasteiger partial charge is 0.0394 e. The highest BCUT2D eigenvalue weighted by Crippen LogP contribution is 2.26. The molecule has 1 aliphatic rings. The Balaban J connectivity index is 2.20. The fraction of sp³-hybridized carbons (Fsp3) is 0.571. The number of likely N-dealkylation sites (N-methyl/N-ethyl adjacent to an activating group) is 1. The highest BCUT2D eigenvalue weighted by atomic mass is 79.9. The van der Waals surface area contributed by atoms with E-state index in [0.29, 0.717) is 18.6 Å². The Bertz CT molecular complexity index is 422. The minimum absolute atomic E-state index is 0.439. The molecule has 100 valence electrons. The van der Waals surface area contributed by atoms with E-state index in [2.05, 4.69) is 64.8 Å². The summed E-state index contributed by atoms with van der Waals surface area (Å²) < 4.78 is 1.18. The van der Waals surface area contributed by atoms with E-state index < -0.39 is 0 Å². The van der Waals surface area contributed by atoms with Crippen LogP contribution < -0.4 is 10.6 Å².